The molecule has 0 atom stereocenters. The summed E-state index contributed by atoms with van der Waals surface area (Å²) in [5, 5.41) is 10.9. The second-order valence-electron chi connectivity index (χ2n) is 3.31. The molecule has 0 amide bonds. The molecule has 1 aromatic carbocycles. The van der Waals surface area contributed by atoms with Gasteiger partial charge < -0.3 is 0 Å². The standard InChI is InChI=1S/C12H8ClNO2S/c13-10-3-1-2-9(8-10)12-5-4-11(17-12)6-7-14(15)16/h1-8H/b7-6+. The molecule has 2 rings (SSSR count). The zero-order valence-electron chi connectivity index (χ0n) is 8.67. The van der Waals surface area contributed by atoms with Gasteiger partial charge in [-0.05, 0) is 29.8 Å². The van der Waals surface area contributed by atoms with Crippen molar-refractivity contribution in [1.29, 1.82) is 0 Å². The lowest BCUT2D eigenvalue weighted by molar-refractivity contribution is -0.400. The van der Waals surface area contributed by atoms with Gasteiger partial charge in [-0.15, -0.1) is 11.3 Å². The van der Waals surface area contributed by atoms with Crippen LogP contribution in [0.25, 0.3) is 16.5 Å². The van der Waals surface area contributed by atoms with E-state index in [4.69, 9.17) is 11.6 Å². The molecule has 1 heterocycles. The quantitative estimate of drug-likeness (QED) is 0.613. The molecule has 0 aliphatic heterocycles. The first-order chi connectivity index (χ1) is 8.15. The fraction of sp³-hybridized carbons (Fsp3) is 0. The summed E-state index contributed by atoms with van der Waals surface area (Å²) >= 11 is 7.39. The van der Waals surface area contributed by atoms with Crippen LogP contribution in [-0.4, -0.2) is 4.92 Å². The molecule has 0 saturated heterocycles. The van der Waals surface area contributed by atoms with E-state index < -0.39 is 4.92 Å². The van der Waals surface area contributed by atoms with E-state index in [1.54, 1.807) is 0 Å². The van der Waals surface area contributed by atoms with Crippen molar-refractivity contribution in [2.24, 2.45) is 0 Å². The number of nitrogens with zero attached hydrogens (tertiary/aromatic N) is 1. The molecule has 0 N–H and O–H groups in total. The maximum absolute atomic E-state index is 10.2. The van der Waals surface area contributed by atoms with Crippen molar-refractivity contribution < 1.29 is 4.92 Å². The lowest BCUT2D eigenvalue weighted by Gasteiger charge is -1.96. The van der Waals surface area contributed by atoms with E-state index in [9.17, 15) is 10.1 Å². The molecule has 17 heavy (non-hydrogen) atoms. The number of hydrogen-bond acceptors (Lipinski definition) is 3. The molecule has 0 fully saturated rings. The first-order valence-corrected chi connectivity index (χ1v) is 6.02. The lowest BCUT2D eigenvalue weighted by atomic mass is 10.2. The highest BCUT2D eigenvalue weighted by molar-refractivity contribution is 7.16. The number of nitro groups is 1. The maximum atomic E-state index is 10.2. The van der Waals surface area contributed by atoms with Crippen molar-refractivity contribution in [3.05, 3.63) is 62.6 Å². The molecule has 0 saturated carbocycles. The lowest BCUT2D eigenvalue weighted by Crippen LogP contribution is -1.80. The van der Waals surface area contributed by atoms with E-state index in [-0.39, 0.29) is 0 Å². The maximum Gasteiger partial charge on any atom is 0.235 e. The first-order valence-electron chi connectivity index (χ1n) is 4.82. The van der Waals surface area contributed by atoms with Gasteiger partial charge in [0, 0.05) is 20.9 Å². The van der Waals surface area contributed by atoms with E-state index in [2.05, 4.69) is 0 Å². The number of rotatable bonds is 3. The largest absolute Gasteiger partial charge is 0.259 e. The van der Waals surface area contributed by atoms with E-state index in [0.717, 1.165) is 21.5 Å². The van der Waals surface area contributed by atoms with Crippen molar-refractivity contribution in [3.8, 4) is 10.4 Å². The molecule has 3 nitrogen and oxygen atoms in total. The van der Waals surface area contributed by atoms with Crippen LogP contribution in [0.1, 0.15) is 4.88 Å². The van der Waals surface area contributed by atoms with Gasteiger partial charge in [-0.3, -0.25) is 10.1 Å². The molecule has 0 unspecified atom stereocenters. The first kappa shape index (κ1) is 11.8. The fourth-order valence-corrected chi connectivity index (χ4v) is 2.46. The van der Waals surface area contributed by atoms with E-state index in [1.165, 1.54) is 17.4 Å². The summed E-state index contributed by atoms with van der Waals surface area (Å²) in [6.07, 6.45) is 2.42. The van der Waals surface area contributed by atoms with Gasteiger partial charge in [-0.25, -0.2) is 0 Å². The van der Waals surface area contributed by atoms with Crippen molar-refractivity contribution in [1.82, 2.24) is 0 Å². The van der Waals surface area contributed by atoms with Gasteiger partial charge >= 0.3 is 0 Å². The molecule has 0 radical (unpaired) electrons. The zero-order chi connectivity index (χ0) is 12.3. The molecule has 2 aromatic rings. The van der Waals surface area contributed by atoms with Crippen LogP contribution in [0.2, 0.25) is 5.02 Å². The van der Waals surface area contributed by atoms with Crippen LogP contribution >= 0.6 is 22.9 Å². The summed E-state index contributed by atoms with van der Waals surface area (Å²) in [6, 6.07) is 11.3. The number of benzene rings is 1. The number of halogens is 1. The highest BCUT2D eigenvalue weighted by atomic mass is 35.5. The molecule has 0 spiro atoms. The molecular formula is C12H8ClNO2S. The van der Waals surface area contributed by atoms with Gasteiger partial charge in [0.05, 0.1) is 4.92 Å². The molecule has 0 aliphatic carbocycles. The normalized spacial score (nSPS) is 10.9. The Labute approximate surface area is 107 Å². The van der Waals surface area contributed by atoms with Gasteiger partial charge in [-0.1, -0.05) is 23.7 Å². The molecule has 1 aromatic heterocycles. The Morgan fingerprint density at radius 2 is 2.12 bits per heavy atom. The van der Waals surface area contributed by atoms with Crippen LogP contribution in [-0.2, 0) is 0 Å². The van der Waals surface area contributed by atoms with Crippen molar-refractivity contribution in [3.63, 3.8) is 0 Å². The van der Waals surface area contributed by atoms with Crippen LogP contribution in [0, 0.1) is 10.1 Å². The monoisotopic (exact) mass is 265 g/mol. The Hall–Kier alpha value is -1.65. The minimum atomic E-state index is -0.473. The summed E-state index contributed by atoms with van der Waals surface area (Å²) in [5.74, 6) is 0. The van der Waals surface area contributed by atoms with E-state index in [0.29, 0.717) is 5.02 Å². The van der Waals surface area contributed by atoms with E-state index in [1.807, 2.05) is 36.4 Å². The topological polar surface area (TPSA) is 43.1 Å². The van der Waals surface area contributed by atoms with E-state index >= 15 is 0 Å². The molecule has 86 valence electrons. The third kappa shape index (κ3) is 3.15. The number of hydrogen-bond donors (Lipinski definition) is 0. The SMILES string of the molecule is O=[N+]([O-])/C=C/c1ccc(-c2cccc(Cl)c2)s1. The summed E-state index contributed by atoms with van der Waals surface area (Å²) < 4.78 is 0. The summed E-state index contributed by atoms with van der Waals surface area (Å²) in [7, 11) is 0. The third-order valence-corrected chi connectivity index (χ3v) is 3.43. The summed E-state index contributed by atoms with van der Waals surface area (Å²) in [5.41, 5.74) is 1.02. The minimum absolute atomic E-state index is 0.473. The predicted octanol–water partition coefficient (Wildman–Crippen LogP) is 4.32. The van der Waals surface area contributed by atoms with Gasteiger partial charge in [-0.2, -0.15) is 0 Å². The summed E-state index contributed by atoms with van der Waals surface area (Å²) in [4.78, 5) is 11.6. The van der Waals surface area contributed by atoms with Crippen molar-refractivity contribution >= 4 is 29.0 Å². The van der Waals surface area contributed by atoms with Crippen LogP contribution in [0.15, 0.2) is 42.6 Å². The fourth-order valence-electron chi connectivity index (χ4n) is 1.37. The van der Waals surface area contributed by atoms with Crippen molar-refractivity contribution in [2.45, 2.75) is 0 Å². The molecule has 0 aliphatic rings. The van der Waals surface area contributed by atoms with Crippen LogP contribution in [0.5, 0.6) is 0 Å². The average Bonchev–Trinajstić information content (AvgIpc) is 2.75. The minimum Gasteiger partial charge on any atom is -0.259 e. The Bertz CT molecular complexity index is 577. The smallest absolute Gasteiger partial charge is 0.235 e. The number of thiophene rings is 1. The summed E-state index contributed by atoms with van der Waals surface area (Å²) in [6.45, 7) is 0. The highest BCUT2D eigenvalue weighted by Crippen LogP contribution is 2.30. The molecule has 0 bridgehead atoms. The highest BCUT2D eigenvalue weighted by Gasteiger charge is 2.02. The van der Waals surface area contributed by atoms with Gasteiger partial charge in [0.15, 0.2) is 0 Å². The van der Waals surface area contributed by atoms with Crippen LogP contribution < -0.4 is 0 Å². The Morgan fingerprint density at radius 3 is 2.82 bits per heavy atom. The van der Waals surface area contributed by atoms with Crippen LogP contribution in [0.4, 0.5) is 0 Å². The Morgan fingerprint density at radius 1 is 1.29 bits per heavy atom. The zero-order valence-corrected chi connectivity index (χ0v) is 10.2. The Kier molecular flexibility index (Phi) is 3.56. The van der Waals surface area contributed by atoms with Crippen LogP contribution in [0.3, 0.4) is 0 Å². The molecular weight excluding hydrogens is 258 g/mol. The average molecular weight is 266 g/mol. The van der Waals surface area contributed by atoms with Gasteiger partial charge in [0.25, 0.3) is 0 Å². The molecule has 5 heteroatoms. The third-order valence-electron chi connectivity index (χ3n) is 2.10. The van der Waals surface area contributed by atoms with Gasteiger partial charge in [0.2, 0.25) is 6.20 Å². The second kappa shape index (κ2) is 5.12. The van der Waals surface area contributed by atoms with Gasteiger partial charge in [0.1, 0.15) is 0 Å². The Balaban J connectivity index is 2.27. The second-order valence-corrected chi connectivity index (χ2v) is 4.87. The van der Waals surface area contributed by atoms with Crippen molar-refractivity contribution in [2.75, 3.05) is 0 Å². The predicted molar refractivity (Wildman–Crippen MR) is 70.8 cm³/mol.